The molecule has 0 aliphatic carbocycles. The third-order valence-corrected chi connectivity index (χ3v) is 6.27. The van der Waals surface area contributed by atoms with Gasteiger partial charge in [-0.3, -0.25) is 9.59 Å². The monoisotopic (exact) mass is 426 g/mol. The van der Waals surface area contributed by atoms with Gasteiger partial charge in [0.05, 0.1) is 11.1 Å². The number of nitrogens with zero attached hydrogens (tertiary/aromatic N) is 2. The largest absolute Gasteiger partial charge is 0.369 e. The van der Waals surface area contributed by atoms with Gasteiger partial charge in [-0.15, -0.1) is 0 Å². The van der Waals surface area contributed by atoms with E-state index >= 15 is 0 Å². The van der Waals surface area contributed by atoms with Gasteiger partial charge < -0.3 is 20.1 Å². The minimum atomic E-state index is -0.241. The average Bonchev–Trinajstić information content (AvgIpc) is 2.84. The Morgan fingerprint density at radius 3 is 2.50 bits per heavy atom. The summed E-state index contributed by atoms with van der Waals surface area (Å²) in [6.45, 7) is 7.31. The number of rotatable bonds is 4. The number of H-pyrrole nitrogens is 1. The molecular formula is C26H26N4O2. The lowest BCUT2D eigenvalue weighted by molar-refractivity contribution is 0.102. The number of para-hydroxylation sites is 2. The minimum Gasteiger partial charge on any atom is -0.369 e. The van der Waals surface area contributed by atoms with Gasteiger partial charge in [0, 0.05) is 53.8 Å². The van der Waals surface area contributed by atoms with Crippen LogP contribution in [0.3, 0.4) is 0 Å². The van der Waals surface area contributed by atoms with Crippen LogP contribution in [0.2, 0.25) is 0 Å². The number of anilines is 2. The summed E-state index contributed by atoms with van der Waals surface area (Å²) in [5.41, 5.74) is 3.50. The van der Waals surface area contributed by atoms with Gasteiger partial charge in [-0.1, -0.05) is 31.2 Å². The van der Waals surface area contributed by atoms with E-state index in [1.807, 2.05) is 36.4 Å². The molecule has 0 atom stereocenters. The highest BCUT2D eigenvalue weighted by atomic mass is 16.1. The molecule has 0 bridgehead atoms. The van der Waals surface area contributed by atoms with E-state index in [2.05, 4.69) is 33.1 Å². The predicted molar refractivity (Wildman–Crippen MR) is 131 cm³/mol. The average molecular weight is 427 g/mol. The van der Waals surface area contributed by atoms with Crippen LogP contribution < -0.4 is 15.6 Å². The third-order valence-electron chi connectivity index (χ3n) is 6.27. The number of amides is 1. The van der Waals surface area contributed by atoms with Crippen molar-refractivity contribution in [2.75, 3.05) is 42.9 Å². The molecule has 0 spiro atoms. The first-order valence-corrected chi connectivity index (χ1v) is 11.1. The summed E-state index contributed by atoms with van der Waals surface area (Å²) in [4.78, 5) is 34.2. The summed E-state index contributed by atoms with van der Waals surface area (Å²) in [5.74, 6) is -0.241. The molecule has 0 radical (unpaired) electrons. The van der Waals surface area contributed by atoms with Crippen LogP contribution in [-0.4, -0.2) is 48.5 Å². The highest BCUT2D eigenvalue weighted by Crippen LogP contribution is 2.23. The fourth-order valence-corrected chi connectivity index (χ4v) is 4.44. The summed E-state index contributed by atoms with van der Waals surface area (Å²) in [7, 11) is 0. The minimum absolute atomic E-state index is 0.0720. The van der Waals surface area contributed by atoms with Crippen LogP contribution in [0.25, 0.3) is 21.8 Å². The second-order valence-corrected chi connectivity index (χ2v) is 8.15. The van der Waals surface area contributed by atoms with Crippen molar-refractivity contribution in [2.24, 2.45) is 0 Å². The molecule has 6 nitrogen and oxygen atoms in total. The van der Waals surface area contributed by atoms with E-state index in [1.54, 1.807) is 24.3 Å². The second kappa shape index (κ2) is 8.48. The van der Waals surface area contributed by atoms with Gasteiger partial charge in [0.1, 0.15) is 0 Å². The molecule has 5 rings (SSSR count). The van der Waals surface area contributed by atoms with Crippen LogP contribution in [0.15, 0.2) is 71.5 Å². The Balaban J connectivity index is 1.44. The van der Waals surface area contributed by atoms with Gasteiger partial charge in [0.2, 0.25) is 0 Å². The van der Waals surface area contributed by atoms with Crippen LogP contribution >= 0.6 is 0 Å². The summed E-state index contributed by atoms with van der Waals surface area (Å²) < 4.78 is 0. The Bertz CT molecular complexity index is 1350. The molecule has 2 N–H and O–H groups in total. The summed E-state index contributed by atoms with van der Waals surface area (Å²) in [5, 5.41) is 4.15. The maximum Gasteiger partial charge on any atom is 0.257 e. The van der Waals surface area contributed by atoms with E-state index in [0.717, 1.165) is 49.6 Å². The molecule has 6 heteroatoms. The molecule has 4 aromatic rings. The zero-order valence-electron chi connectivity index (χ0n) is 18.1. The van der Waals surface area contributed by atoms with Crippen molar-refractivity contribution in [3.63, 3.8) is 0 Å². The van der Waals surface area contributed by atoms with Crippen molar-refractivity contribution < 1.29 is 4.79 Å². The normalized spacial score (nSPS) is 14.7. The smallest absolute Gasteiger partial charge is 0.257 e. The zero-order valence-corrected chi connectivity index (χ0v) is 18.1. The van der Waals surface area contributed by atoms with Gasteiger partial charge in [-0.05, 0) is 49.0 Å². The number of likely N-dealkylation sites (N-methyl/N-ethyl adjacent to an activating group) is 1. The molecule has 1 amide bonds. The highest BCUT2D eigenvalue weighted by molar-refractivity contribution is 6.13. The first-order chi connectivity index (χ1) is 15.6. The Morgan fingerprint density at radius 2 is 1.69 bits per heavy atom. The standard InChI is InChI=1S/C26H26N4O2/c1-2-29-13-15-30(16-14-29)19-8-5-7-18(17-19)27-26(32)22-11-6-10-21-24(22)28-23-12-4-3-9-20(23)25(21)31/h3-12,17H,2,13-16H2,1H3,(H,27,32)(H,28,31). The number of piperazine rings is 1. The van der Waals surface area contributed by atoms with Gasteiger partial charge >= 0.3 is 0 Å². The van der Waals surface area contributed by atoms with Crippen LogP contribution in [0.5, 0.6) is 0 Å². The molecule has 162 valence electrons. The Labute approximate surface area is 186 Å². The summed E-state index contributed by atoms with van der Waals surface area (Å²) >= 11 is 0. The summed E-state index contributed by atoms with van der Waals surface area (Å²) in [6, 6.07) is 20.6. The van der Waals surface area contributed by atoms with Crippen LogP contribution in [-0.2, 0) is 0 Å². The van der Waals surface area contributed by atoms with Gasteiger partial charge in [-0.25, -0.2) is 0 Å². The molecule has 1 aromatic heterocycles. The Kier molecular flexibility index (Phi) is 5.37. The third kappa shape index (κ3) is 3.74. The van der Waals surface area contributed by atoms with E-state index in [0.29, 0.717) is 21.9 Å². The maximum absolute atomic E-state index is 13.2. The van der Waals surface area contributed by atoms with Crippen molar-refractivity contribution in [1.29, 1.82) is 0 Å². The topological polar surface area (TPSA) is 68.4 Å². The van der Waals surface area contributed by atoms with E-state index in [4.69, 9.17) is 0 Å². The quantitative estimate of drug-likeness (QED) is 0.483. The zero-order chi connectivity index (χ0) is 22.1. The number of nitrogens with one attached hydrogen (secondary N) is 2. The lowest BCUT2D eigenvalue weighted by atomic mass is 10.1. The number of pyridine rings is 1. The molecule has 1 aliphatic rings. The van der Waals surface area contributed by atoms with E-state index in [-0.39, 0.29) is 11.3 Å². The summed E-state index contributed by atoms with van der Waals surface area (Å²) in [6.07, 6.45) is 0. The van der Waals surface area contributed by atoms with Crippen molar-refractivity contribution in [2.45, 2.75) is 6.92 Å². The van der Waals surface area contributed by atoms with Crippen LogP contribution in [0.4, 0.5) is 11.4 Å². The van der Waals surface area contributed by atoms with Crippen molar-refractivity contribution in [1.82, 2.24) is 9.88 Å². The molecular weight excluding hydrogens is 400 g/mol. The number of aromatic amines is 1. The van der Waals surface area contributed by atoms with Gasteiger partial charge in [-0.2, -0.15) is 0 Å². The second-order valence-electron chi connectivity index (χ2n) is 8.15. The van der Waals surface area contributed by atoms with Gasteiger partial charge in [0.15, 0.2) is 5.43 Å². The first-order valence-electron chi connectivity index (χ1n) is 11.1. The van der Waals surface area contributed by atoms with E-state index in [1.165, 1.54) is 0 Å². The number of benzene rings is 3. The fourth-order valence-electron chi connectivity index (χ4n) is 4.44. The molecule has 1 saturated heterocycles. The molecule has 1 fully saturated rings. The lowest BCUT2D eigenvalue weighted by Crippen LogP contribution is -2.46. The number of carbonyl (C=O) groups is 1. The van der Waals surface area contributed by atoms with Crippen LogP contribution in [0.1, 0.15) is 17.3 Å². The van der Waals surface area contributed by atoms with E-state index in [9.17, 15) is 9.59 Å². The maximum atomic E-state index is 13.2. The molecule has 0 saturated carbocycles. The lowest BCUT2D eigenvalue weighted by Gasteiger charge is -2.35. The number of aromatic nitrogens is 1. The number of fused-ring (bicyclic) bond motifs is 2. The Hall–Kier alpha value is -3.64. The highest BCUT2D eigenvalue weighted by Gasteiger charge is 2.17. The number of hydrogen-bond donors (Lipinski definition) is 2. The fraction of sp³-hybridized carbons (Fsp3) is 0.231. The van der Waals surface area contributed by atoms with Gasteiger partial charge in [0.25, 0.3) is 5.91 Å². The van der Waals surface area contributed by atoms with Crippen LogP contribution in [0, 0.1) is 0 Å². The first kappa shape index (κ1) is 20.3. The van der Waals surface area contributed by atoms with Crippen molar-refractivity contribution in [3.8, 4) is 0 Å². The van der Waals surface area contributed by atoms with E-state index < -0.39 is 0 Å². The van der Waals surface area contributed by atoms with Crippen molar-refractivity contribution in [3.05, 3.63) is 82.5 Å². The SMILES string of the molecule is CCN1CCN(c2cccc(NC(=O)c3cccc4c(=O)c5ccccc5[nH]c34)c2)CC1. The number of hydrogen-bond acceptors (Lipinski definition) is 4. The number of carbonyl (C=O) groups excluding carboxylic acids is 1. The molecule has 1 aliphatic heterocycles. The Morgan fingerprint density at radius 1 is 0.938 bits per heavy atom. The molecule has 0 unspecified atom stereocenters. The predicted octanol–water partition coefficient (Wildman–Crippen LogP) is 4.08. The molecule has 2 heterocycles. The molecule has 3 aromatic carbocycles. The molecule has 32 heavy (non-hydrogen) atoms. The van der Waals surface area contributed by atoms with Crippen molar-refractivity contribution >= 4 is 39.1 Å².